The number of methoxy groups -OCH3 is 2. The molecule has 0 aliphatic rings. The number of nitrogens with zero attached hydrogens (tertiary/aromatic N) is 1. The summed E-state index contributed by atoms with van der Waals surface area (Å²) in [4.78, 5) is 27.5. The van der Waals surface area contributed by atoms with Gasteiger partial charge in [0.15, 0.2) is 11.5 Å². The van der Waals surface area contributed by atoms with E-state index < -0.39 is 6.04 Å². The second-order valence-electron chi connectivity index (χ2n) is 8.04. The predicted molar refractivity (Wildman–Crippen MR) is 122 cm³/mol. The third-order valence-corrected chi connectivity index (χ3v) is 5.15. The molecule has 2 aromatic rings. The Balaban J connectivity index is 2.16. The standard InChI is InChI=1S/C25H34N2O4/c1-17(2)26-25(29)19(4)27(16-21-9-7-18(3)8-10-21)24(28)14-12-20-11-13-22(30-5)23(15-20)31-6/h7-11,13,15,17,19H,12,14,16H2,1-6H3,(H,26,29)/t19-/m0/s1. The Morgan fingerprint density at radius 3 is 2.13 bits per heavy atom. The van der Waals surface area contributed by atoms with Crippen LogP contribution < -0.4 is 14.8 Å². The van der Waals surface area contributed by atoms with Crippen LogP contribution in [0.2, 0.25) is 0 Å². The molecule has 6 nitrogen and oxygen atoms in total. The van der Waals surface area contributed by atoms with Crippen LogP contribution in [0.1, 0.15) is 43.9 Å². The fraction of sp³-hybridized carbons (Fsp3) is 0.440. The number of rotatable bonds is 10. The van der Waals surface area contributed by atoms with Gasteiger partial charge >= 0.3 is 0 Å². The Morgan fingerprint density at radius 1 is 0.935 bits per heavy atom. The van der Waals surface area contributed by atoms with Gasteiger partial charge in [-0.25, -0.2) is 0 Å². The summed E-state index contributed by atoms with van der Waals surface area (Å²) in [6.07, 6.45) is 0.836. The van der Waals surface area contributed by atoms with Gasteiger partial charge in [0.1, 0.15) is 6.04 Å². The first-order valence-electron chi connectivity index (χ1n) is 10.6. The van der Waals surface area contributed by atoms with Crippen LogP contribution in [0.25, 0.3) is 0 Å². The number of hydrogen-bond donors (Lipinski definition) is 1. The molecule has 0 fully saturated rings. The van der Waals surface area contributed by atoms with E-state index in [0.717, 1.165) is 16.7 Å². The minimum Gasteiger partial charge on any atom is -0.493 e. The van der Waals surface area contributed by atoms with Crippen molar-refractivity contribution in [2.24, 2.45) is 0 Å². The van der Waals surface area contributed by atoms with Crippen molar-refractivity contribution in [2.75, 3.05) is 14.2 Å². The van der Waals surface area contributed by atoms with Crippen LogP contribution in [0.4, 0.5) is 0 Å². The number of amides is 2. The number of aryl methyl sites for hydroxylation is 2. The summed E-state index contributed by atoms with van der Waals surface area (Å²) in [5.74, 6) is 1.06. The van der Waals surface area contributed by atoms with Crippen LogP contribution in [0.15, 0.2) is 42.5 Å². The van der Waals surface area contributed by atoms with Crippen molar-refractivity contribution in [2.45, 2.75) is 59.2 Å². The van der Waals surface area contributed by atoms with E-state index in [-0.39, 0.29) is 17.9 Å². The SMILES string of the molecule is COc1ccc(CCC(=O)N(Cc2ccc(C)cc2)[C@@H](C)C(=O)NC(C)C)cc1OC. The molecule has 31 heavy (non-hydrogen) atoms. The summed E-state index contributed by atoms with van der Waals surface area (Å²) in [7, 11) is 3.18. The van der Waals surface area contributed by atoms with E-state index in [4.69, 9.17) is 9.47 Å². The average Bonchev–Trinajstić information content (AvgIpc) is 2.75. The number of carbonyl (C=O) groups excluding carboxylic acids is 2. The van der Waals surface area contributed by atoms with Gasteiger partial charge < -0.3 is 19.7 Å². The van der Waals surface area contributed by atoms with E-state index in [1.807, 2.05) is 63.2 Å². The lowest BCUT2D eigenvalue weighted by Crippen LogP contribution is -2.49. The molecule has 0 heterocycles. The van der Waals surface area contributed by atoms with E-state index >= 15 is 0 Å². The van der Waals surface area contributed by atoms with Crippen LogP contribution >= 0.6 is 0 Å². The van der Waals surface area contributed by atoms with Crippen molar-refractivity contribution in [1.82, 2.24) is 10.2 Å². The van der Waals surface area contributed by atoms with Gasteiger partial charge in [-0.05, 0) is 57.4 Å². The van der Waals surface area contributed by atoms with Crippen molar-refractivity contribution < 1.29 is 19.1 Å². The van der Waals surface area contributed by atoms with E-state index in [1.54, 1.807) is 26.0 Å². The topological polar surface area (TPSA) is 67.9 Å². The molecule has 168 valence electrons. The normalized spacial score (nSPS) is 11.7. The Bertz CT molecular complexity index is 878. The zero-order valence-electron chi connectivity index (χ0n) is 19.4. The van der Waals surface area contributed by atoms with Crippen LogP contribution in [-0.4, -0.2) is 43.0 Å². The van der Waals surface area contributed by atoms with Gasteiger partial charge in [-0.3, -0.25) is 9.59 Å². The number of ether oxygens (including phenoxy) is 2. The first kappa shape index (κ1) is 24.3. The van der Waals surface area contributed by atoms with E-state index in [1.165, 1.54) is 0 Å². The molecule has 1 atom stereocenters. The summed E-state index contributed by atoms with van der Waals surface area (Å²) in [6.45, 7) is 8.01. The maximum atomic E-state index is 13.2. The highest BCUT2D eigenvalue weighted by atomic mass is 16.5. The van der Waals surface area contributed by atoms with E-state index in [2.05, 4.69) is 5.32 Å². The van der Waals surface area contributed by atoms with Gasteiger partial charge in [0.05, 0.1) is 14.2 Å². The summed E-state index contributed by atoms with van der Waals surface area (Å²) >= 11 is 0. The number of nitrogens with one attached hydrogen (secondary N) is 1. The lowest BCUT2D eigenvalue weighted by atomic mass is 10.1. The second-order valence-corrected chi connectivity index (χ2v) is 8.04. The van der Waals surface area contributed by atoms with Gasteiger partial charge in [0.25, 0.3) is 0 Å². The minimum absolute atomic E-state index is 0.0121. The third kappa shape index (κ3) is 7.02. The first-order chi connectivity index (χ1) is 14.7. The first-order valence-corrected chi connectivity index (χ1v) is 10.6. The highest BCUT2D eigenvalue weighted by molar-refractivity contribution is 5.87. The maximum absolute atomic E-state index is 13.2. The molecule has 2 rings (SSSR count). The number of benzene rings is 2. The molecular formula is C25H34N2O4. The molecule has 0 spiro atoms. The second kappa shape index (κ2) is 11.4. The molecule has 0 radical (unpaired) electrons. The number of carbonyl (C=O) groups is 2. The quantitative estimate of drug-likeness (QED) is 0.626. The summed E-state index contributed by atoms with van der Waals surface area (Å²) in [5.41, 5.74) is 3.12. The smallest absolute Gasteiger partial charge is 0.242 e. The molecule has 0 saturated heterocycles. The van der Waals surface area contributed by atoms with Gasteiger partial charge in [-0.2, -0.15) is 0 Å². The van der Waals surface area contributed by atoms with Crippen LogP contribution in [0.5, 0.6) is 11.5 Å². The van der Waals surface area contributed by atoms with Gasteiger partial charge in [-0.1, -0.05) is 35.9 Å². The Morgan fingerprint density at radius 2 is 1.55 bits per heavy atom. The van der Waals surface area contributed by atoms with Crippen molar-refractivity contribution in [3.8, 4) is 11.5 Å². The molecule has 0 aromatic heterocycles. The third-order valence-electron chi connectivity index (χ3n) is 5.15. The highest BCUT2D eigenvalue weighted by Crippen LogP contribution is 2.28. The van der Waals surface area contributed by atoms with Crippen LogP contribution in [0.3, 0.4) is 0 Å². The lowest BCUT2D eigenvalue weighted by molar-refractivity contribution is -0.140. The molecule has 0 aliphatic carbocycles. The van der Waals surface area contributed by atoms with Crippen molar-refractivity contribution in [1.29, 1.82) is 0 Å². The maximum Gasteiger partial charge on any atom is 0.242 e. The molecule has 0 bridgehead atoms. The zero-order chi connectivity index (χ0) is 23.0. The molecule has 2 aromatic carbocycles. The average molecular weight is 427 g/mol. The van der Waals surface area contributed by atoms with E-state index in [0.29, 0.717) is 30.9 Å². The summed E-state index contributed by atoms with van der Waals surface area (Å²) in [6, 6.07) is 13.1. The zero-order valence-corrected chi connectivity index (χ0v) is 19.4. The lowest BCUT2D eigenvalue weighted by Gasteiger charge is -2.29. The van der Waals surface area contributed by atoms with Crippen LogP contribution in [0, 0.1) is 6.92 Å². The summed E-state index contributed by atoms with van der Waals surface area (Å²) in [5, 5.41) is 2.91. The van der Waals surface area contributed by atoms with Crippen molar-refractivity contribution in [3.63, 3.8) is 0 Å². The Kier molecular flexibility index (Phi) is 8.91. The molecule has 6 heteroatoms. The molecule has 0 saturated carbocycles. The molecular weight excluding hydrogens is 392 g/mol. The molecule has 0 aliphatic heterocycles. The molecule has 1 N–H and O–H groups in total. The van der Waals surface area contributed by atoms with Crippen molar-refractivity contribution >= 4 is 11.8 Å². The molecule has 0 unspecified atom stereocenters. The monoisotopic (exact) mass is 426 g/mol. The van der Waals surface area contributed by atoms with Gasteiger partial charge in [-0.15, -0.1) is 0 Å². The van der Waals surface area contributed by atoms with Crippen molar-refractivity contribution in [3.05, 3.63) is 59.2 Å². The van der Waals surface area contributed by atoms with Crippen LogP contribution in [-0.2, 0) is 22.6 Å². The summed E-state index contributed by atoms with van der Waals surface area (Å²) < 4.78 is 10.6. The predicted octanol–water partition coefficient (Wildman–Crippen LogP) is 3.89. The number of hydrogen-bond acceptors (Lipinski definition) is 4. The fourth-order valence-electron chi connectivity index (χ4n) is 3.31. The largest absolute Gasteiger partial charge is 0.493 e. The minimum atomic E-state index is -0.568. The van der Waals surface area contributed by atoms with Gasteiger partial charge in [0, 0.05) is 19.0 Å². The highest BCUT2D eigenvalue weighted by Gasteiger charge is 2.26. The Hall–Kier alpha value is -3.02. The van der Waals surface area contributed by atoms with Gasteiger partial charge in [0.2, 0.25) is 11.8 Å². The van der Waals surface area contributed by atoms with E-state index in [9.17, 15) is 9.59 Å². The molecule has 2 amide bonds. The Labute approximate surface area is 185 Å². The fourth-order valence-corrected chi connectivity index (χ4v) is 3.31.